The third-order valence-corrected chi connectivity index (χ3v) is 3.66. The maximum atomic E-state index is 12.3. The molecule has 7 heteroatoms. The summed E-state index contributed by atoms with van der Waals surface area (Å²) in [6.07, 6.45) is 6.45. The Morgan fingerprint density at radius 2 is 2.42 bits per heavy atom. The number of carbonyl (C=O) groups excluding carboxylic acids is 2. The number of fused-ring (bicyclic) bond motifs is 1. The van der Waals surface area contributed by atoms with Gasteiger partial charge in [0, 0.05) is 18.8 Å². The minimum atomic E-state index is -0.574. The first kappa shape index (κ1) is 15.5. The van der Waals surface area contributed by atoms with E-state index in [-0.39, 0.29) is 5.91 Å². The Labute approximate surface area is 138 Å². The van der Waals surface area contributed by atoms with Crippen LogP contribution in [-0.2, 0) is 9.53 Å². The molecule has 1 N–H and O–H groups in total. The molecule has 1 aliphatic rings. The van der Waals surface area contributed by atoms with Gasteiger partial charge in [-0.15, -0.1) is 0 Å². The van der Waals surface area contributed by atoms with Crippen LogP contribution in [0, 0.1) is 11.8 Å². The molecule has 0 fully saturated rings. The molecule has 0 bridgehead atoms. The number of esters is 1. The third-order valence-electron chi connectivity index (χ3n) is 3.66. The Kier molecular flexibility index (Phi) is 4.12. The van der Waals surface area contributed by atoms with Crippen molar-refractivity contribution in [2.75, 3.05) is 7.11 Å². The molecule has 0 saturated heterocycles. The van der Waals surface area contributed by atoms with Crippen molar-refractivity contribution < 1.29 is 14.3 Å². The molecule has 3 rings (SSSR count). The van der Waals surface area contributed by atoms with Crippen LogP contribution in [0.3, 0.4) is 0 Å². The molecule has 2 aromatic heterocycles. The summed E-state index contributed by atoms with van der Waals surface area (Å²) in [5.74, 6) is 4.45. The minimum absolute atomic E-state index is 0.188. The van der Waals surface area contributed by atoms with E-state index in [1.165, 1.54) is 24.0 Å². The van der Waals surface area contributed by atoms with E-state index in [4.69, 9.17) is 4.74 Å². The van der Waals surface area contributed by atoms with E-state index in [1.54, 1.807) is 18.5 Å². The van der Waals surface area contributed by atoms with E-state index in [0.29, 0.717) is 23.2 Å². The maximum Gasteiger partial charge on any atom is 0.339 e. The number of rotatable bonds is 3. The number of ether oxygens (including phenoxy) is 1. The molecule has 0 aliphatic carbocycles. The normalized spacial score (nSPS) is 16.1. The number of allylic oxidation sites excluding steroid dienone is 1. The van der Waals surface area contributed by atoms with Gasteiger partial charge >= 0.3 is 5.97 Å². The zero-order chi connectivity index (χ0) is 17.1. The highest BCUT2D eigenvalue weighted by atomic mass is 16.5. The first-order chi connectivity index (χ1) is 11.7. The van der Waals surface area contributed by atoms with Crippen molar-refractivity contribution >= 4 is 17.4 Å². The van der Waals surface area contributed by atoms with Crippen molar-refractivity contribution in [2.45, 2.75) is 12.3 Å². The SMILES string of the molecule is C=CC#CCC1=CNC(=O)C1c1ncnn2cc(C(=O)OC)cc12. The van der Waals surface area contributed by atoms with Gasteiger partial charge in [0.1, 0.15) is 12.2 Å². The van der Waals surface area contributed by atoms with E-state index in [9.17, 15) is 9.59 Å². The van der Waals surface area contributed by atoms with Crippen molar-refractivity contribution in [3.8, 4) is 11.8 Å². The Balaban J connectivity index is 2.05. The molecule has 0 radical (unpaired) electrons. The predicted molar refractivity (Wildman–Crippen MR) is 85.9 cm³/mol. The van der Waals surface area contributed by atoms with Crippen LogP contribution in [0.15, 0.2) is 43.0 Å². The number of hydrogen-bond donors (Lipinski definition) is 1. The topological polar surface area (TPSA) is 85.6 Å². The van der Waals surface area contributed by atoms with Crippen LogP contribution in [0.25, 0.3) is 5.52 Å². The van der Waals surface area contributed by atoms with Gasteiger partial charge in [-0.2, -0.15) is 5.10 Å². The summed E-state index contributed by atoms with van der Waals surface area (Å²) in [6.45, 7) is 3.54. The number of nitrogens with zero attached hydrogens (tertiary/aromatic N) is 3. The Morgan fingerprint density at radius 1 is 1.58 bits per heavy atom. The summed E-state index contributed by atoms with van der Waals surface area (Å²) in [7, 11) is 1.31. The molecule has 2 aromatic rings. The second kappa shape index (κ2) is 6.38. The van der Waals surface area contributed by atoms with Crippen LogP contribution >= 0.6 is 0 Å². The highest BCUT2D eigenvalue weighted by Gasteiger charge is 2.32. The zero-order valence-electron chi connectivity index (χ0n) is 12.9. The summed E-state index contributed by atoms with van der Waals surface area (Å²) < 4.78 is 6.23. The highest BCUT2D eigenvalue weighted by molar-refractivity contribution is 5.94. The first-order valence-electron chi connectivity index (χ1n) is 7.16. The van der Waals surface area contributed by atoms with E-state index >= 15 is 0 Å². The van der Waals surface area contributed by atoms with Crippen molar-refractivity contribution in [3.63, 3.8) is 0 Å². The average Bonchev–Trinajstić information content (AvgIpc) is 3.18. The fraction of sp³-hybridized carbons (Fsp3) is 0.176. The first-order valence-corrected chi connectivity index (χ1v) is 7.16. The molecule has 1 amide bonds. The Morgan fingerprint density at radius 3 is 3.17 bits per heavy atom. The molecule has 1 atom stereocenters. The molecule has 120 valence electrons. The Bertz CT molecular complexity index is 930. The fourth-order valence-corrected chi connectivity index (χ4v) is 2.58. The molecule has 0 saturated carbocycles. The molecular formula is C17H14N4O3. The monoisotopic (exact) mass is 322 g/mol. The lowest BCUT2D eigenvalue weighted by Gasteiger charge is -2.11. The van der Waals surface area contributed by atoms with Crippen LogP contribution in [0.4, 0.5) is 0 Å². The second-order valence-corrected chi connectivity index (χ2v) is 5.06. The van der Waals surface area contributed by atoms with Gasteiger partial charge in [-0.05, 0) is 17.7 Å². The molecule has 7 nitrogen and oxygen atoms in total. The van der Waals surface area contributed by atoms with Crippen LogP contribution in [0.5, 0.6) is 0 Å². The van der Waals surface area contributed by atoms with Gasteiger partial charge < -0.3 is 10.1 Å². The van der Waals surface area contributed by atoms with Crippen LogP contribution < -0.4 is 5.32 Å². The van der Waals surface area contributed by atoms with Gasteiger partial charge in [0.2, 0.25) is 5.91 Å². The lowest BCUT2D eigenvalue weighted by atomic mass is 9.94. The number of aromatic nitrogens is 3. The quantitative estimate of drug-likeness (QED) is 0.678. The molecular weight excluding hydrogens is 308 g/mol. The largest absolute Gasteiger partial charge is 0.465 e. The summed E-state index contributed by atoms with van der Waals surface area (Å²) >= 11 is 0. The summed E-state index contributed by atoms with van der Waals surface area (Å²) in [5.41, 5.74) is 2.23. The van der Waals surface area contributed by atoms with E-state index in [1.807, 2.05) is 0 Å². The fourth-order valence-electron chi connectivity index (χ4n) is 2.58. The third kappa shape index (κ3) is 2.65. The lowest BCUT2D eigenvalue weighted by Crippen LogP contribution is -2.20. The molecule has 0 aromatic carbocycles. The molecule has 0 spiro atoms. The number of hydrogen-bond acceptors (Lipinski definition) is 5. The summed E-state index contributed by atoms with van der Waals surface area (Å²) in [6, 6.07) is 1.61. The van der Waals surface area contributed by atoms with Crippen LogP contribution in [0.2, 0.25) is 0 Å². The molecule has 1 unspecified atom stereocenters. The van der Waals surface area contributed by atoms with Gasteiger partial charge in [0.05, 0.1) is 23.9 Å². The smallest absolute Gasteiger partial charge is 0.339 e. The van der Waals surface area contributed by atoms with E-state index in [0.717, 1.165) is 5.57 Å². The number of methoxy groups -OCH3 is 1. The lowest BCUT2D eigenvalue weighted by molar-refractivity contribution is -0.120. The molecule has 1 aliphatic heterocycles. The second-order valence-electron chi connectivity index (χ2n) is 5.06. The number of amides is 1. The van der Waals surface area contributed by atoms with Crippen LogP contribution in [0.1, 0.15) is 28.4 Å². The number of nitrogens with one attached hydrogen (secondary N) is 1. The van der Waals surface area contributed by atoms with E-state index < -0.39 is 11.9 Å². The Hall–Kier alpha value is -3.40. The standard InChI is InChI=1S/C17H14N4O3/c1-3-4-5-6-11-8-18-16(22)14(11)15-13-7-12(17(23)24-2)9-21(13)20-10-19-15/h3,7-10,14H,1,6H2,2H3,(H,18,22). The molecule has 24 heavy (non-hydrogen) atoms. The zero-order valence-corrected chi connectivity index (χ0v) is 12.9. The van der Waals surface area contributed by atoms with Crippen molar-refractivity contribution in [3.05, 3.63) is 54.3 Å². The average molecular weight is 322 g/mol. The summed E-state index contributed by atoms with van der Waals surface area (Å²) in [4.78, 5) is 28.2. The van der Waals surface area contributed by atoms with Gasteiger partial charge in [-0.3, -0.25) is 4.79 Å². The van der Waals surface area contributed by atoms with Gasteiger partial charge in [-0.1, -0.05) is 18.4 Å². The summed E-state index contributed by atoms with van der Waals surface area (Å²) in [5, 5.41) is 6.78. The van der Waals surface area contributed by atoms with Gasteiger partial charge in [-0.25, -0.2) is 14.3 Å². The number of carbonyl (C=O) groups is 2. The van der Waals surface area contributed by atoms with E-state index in [2.05, 4.69) is 33.8 Å². The van der Waals surface area contributed by atoms with Crippen molar-refractivity contribution in [1.29, 1.82) is 0 Å². The van der Waals surface area contributed by atoms with Gasteiger partial charge in [0.25, 0.3) is 0 Å². The highest BCUT2D eigenvalue weighted by Crippen LogP contribution is 2.31. The predicted octanol–water partition coefficient (Wildman–Crippen LogP) is 1.19. The molecule has 3 heterocycles. The van der Waals surface area contributed by atoms with Crippen LogP contribution in [-0.4, -0.2) is 33.6 Å². The minimum Gasteiger partial charge on any atom is -0.465 e. The van der Waals surface area contributed by atoms with Gasteiger partial charge in [0.15, 0.2) is 0 Å². The van der Waals surface area contributed by atoms with Crippen molar-refractivity contribution in [1.82, 2.24) is 19.9 Å². The maximum absolute atomic E-state index is 12.3. The van der Waals surface area contributed by atoms with Crippen molar-refractivity contribution in [2.24, 2.45) is 0 Å².